The average Bonchev–Trinajstić information content (AvgIpc) is 3.01. The molecule has 1 fully saturated rings. The largest absolute Gasteiger partial charge is 0.449 e. The van der Waals surface area contributed by atoms with Crippen molar-refractivity contribution in [2.75, 3.05) is 23.3 Å². The Bertz CT molecular complexity index is 944. The maximum Gasteiger partial charge on any atom is 0.291 e. The molecular formula is C20H20ClN3O2. The first-order valence-corrected chi connectivity index (χ1v) is 9.21. The van der Waals surface area contributed by atoms with E-state index in [1.165, 1.54) is 19.3 Å². The van der Waals surface area contributed by atoms with Crippen LogP contribution in [0.5, 0.6) is 0 Å². The molecule has 0 radical (unpaired) electrons. The number of hydrogen-bond acceptors (Lipinski definition) is 4. The first kappa shape index (κ1) is 16.9. The third-order valence-electron chi connectivity index (χ3n) is 4.81. The SMILES string of the molecule is Cc1c(C(=O)Nc2ccc(N3CCCCC3)nc2)oc2c(Cl)cccc12. The Balaban J connectivity index is 1.53. The number of fused-ring (bicyclic) bond motifs is 1. The monoisotopic (exact) mass is 369 g/mol. The number of anilines is 2. The molecule has 1 aromatic carbocycles. The highest BCUT2D eigenvalue weighted by Gasteiger charge is 2.19. The second kappa shape index (κ2) is 7.00. The Hall–Kier alpha value is -2.53. The van der Waals surface area contributed by atoms with E-state index in [-0.39, 0.29) is 11.7 Å². The summed E-state index contributed by atoms with van der Waals surface area (Å²) in [6.45, 7) is 3.93. The fraction of sp³-hybridized carbons (Fsp3) is 0.300. The molecule has 5 nitrogen and oxygen atoms in total. The van der Waals surface area contributed by atoms with Crippen molar-refractivity contribution in [1.82, 2.24) is 4.98 Å². The molecule has 0 bridgehead atoms. The number of aryl methyl sites for hydroxylation is 1. The van der Waals surface area contributed by atoms with Crippen LogP contribution in [0.25, 0.3) is 11.0 Å². The Labute approximate surface area is 157 Å². The van der Waals surface area contributed by atoms with Crippen molar-refractivity contribution < 1.29 is 9.21 Å². The molecule has 2 aromatic heterocycles. The molecule has 134 valence electrons. The number of para-hydroxylation sites is 1. The molecule has 0 aliphatic carbocycles. The lowest BCUT2D eigenvalue weighted by molar-refractivity contribution is 0.0998. The normalized spacial score (nSPS) is 14.6. The van der Waals surface area contributed by atoms with Crippen molar-refractivity contribution in [3.05, 3.63) is 52.9 Å². The van der Waals surface area contributed by atoms with Crippen LogP contribution in [0.2, 0.25) is 5.02 Å². The smallest absolute Gasteiger partial charge is 0.291 e. The number of piperidine rings is 1. The minimum Gasteiger partial charge on any atom is -0.449 e. The molecule has 0 saturated carbocycles. The second-order valence-electron chi connectivity index (χ2n) is 6.58. The van der Waals surface area contributed by atoms with Crippen LogP contribution < -0.4 is 10.2 Å². The maximum atomic E-state index is 12.6. The number of benzene rings is 1. The maximum absolute atomic E-state index is 12.6. The van der Waals surface area contributed by atoms with E-state index in [1.54, 1.807) is 12.3 Å². The predicted octanol–water partition coefficient (Wildman–Crippen LogP) is 5.03. The zero-order chi connectivity index (χ0) is 18.1. The van der Waals surface area contributed by atoms with E-state index >= 15 is 0 Å². The Morgan fingerprint density at radius 2 is 2.00 bits per heavy atom. The predicted molar refractivity (Wildman–Crippen MR) is 104 cm³/mol. The number of carbonyl (C=O) groups excluding carboxylic acids is 1. The highest BCUT2D eigenvalue weighted by molar-refractivity contribution is 6.35. The molecule has 1 amide bonds. The summed E-state index contributed by atoms with van der Waals surface area (Å²) in [5.41, 5.74) is 1.95. The number of nitrogens with one attached hydrogen (secondary N) is 1. The molecule has 1 saturated heterocycles. The molecule has 1 N–H and O–H groups in total. The van der Waals surface area contributed by atoms with Crippen molar-refractivity contribution in [3.8, 4) is 0 Å². The number of nitrogens with zero attached hydrogens (tertiary/aromatic N) is 2. The van der Waals surface area contributed by atoms with Gasteiger partial charge < -0.3 is 14.6 Å². The summed E-state index contributed by atoms with van der Waals surface area (Å²) in [7, 11) is 0. The van der Waals surface area contributed by atoms with E-state index in [0.717, 1.165) is 29.9 Å². The standard InChI is InChI=1S/C20H20ClN3O2/c1-13-15-6-5-7-16(21)19(15)26-18(13)20(25)23-14-8-9-17(22-12-14)24-10-3-2-4-11-24/h5-9,12H,2-4,10-11H2,1H3,(H,23,25). The molecule has 26 heavy (non-hydrogen) atoms. The van der Waals surface area contributed by atoms with Crippen LogP contribution in [0.15, 0.2) is 40.9 Å². The number of aromatic nitrogens is 1. The number of furan rings is 1. The summed E-state index contributed by atoms with van der Waals surface area (Å²) >= 11 is 6.16. The molecule has 3 aromatic rings. The van der Waals surface area contributed by atoms with Crippen LogP contribution in [0, 0.1) is 6.92 Å². The van der Waals surface area contributed by atoms with Gasteiger partial charge in [-0.2, -0.15) is 0 Å². The van der Waals surface area contributed by atoms with E-state index < -0.39 is 0 Å². The lowest BCUT2D eigenvalue weighted by Crippen LogP contribution is -2.30. The van der Waals surface area contributed by atoms with Crippen molar-refractivity contribution >= 4 is 40.0 Å². The summed E-state index contributed by atoms with van der Waals surface area (Å²) in [4.78, 5) is 19.4. The van der Waals surface area contributed by atoms with Gasteiger partial charge >= 0.3 is 0 Å². The molecule has 6 heteroatoms. The Morgan fingerprint density at radius 1 is 1.19 bits per heavy atom. The minimum atomic E-state index is -0.303. The van der Waals surface area contributed by atoms with Crippen molar-refractivity contribution in [2.24, 2.45) is 0 Å². The summed E-state index contributed by atoms with van der Waals surface area (Å²) in [6, 6.07) is 9.31. The second-order valence-corrected chi connectivity index (χ2v) is 6.99. The zero-order valence-corrected chi connectivity index (χ0v) is 15.3. The molecule has 3 heterocycles. The highest BCUT2D eigenvalue weighted by atomic mass is 35.5. The fourth-order valence-corrected chi connectivity index (χ4v) is 3.60. The molecule has 0 unspecified atom stereocenters. The molecular weight excluding hydrogens is 350 g/mol. The first-order chi connectivity index (χ1) is 12.6. The van der Waals surface area contributed by atoms with E-state index in [0.29, 0.717) is 16.3 Å². The molecule has 0 spiro atoms. The zero-order valence-electron chi connectivity index (χ0n) is 14.6. The highest BCUT2D eigenvalue weighted by Crippen LogP contribution is 2.31. The number of amides is 1. The van der Waals surface area contributed by atoms with Gasteiger partial charge in [-0.25, -0.2) is 4.98 Å². The van der Waals surface area contributed by atoms with E-state index in [2.05, 4.69) is 15.2 Å². The van der Waals surface area contributed by atoms with Gasteiger partial charge in [0.05, 0.1) is 16.9 Å². The molecule has 1 aliphatic rings. The van der Waals surface area contributed by atoms with Crippen molar-refractivity contribution in [2.45, 2.75) is 26.2 Å². The van der Waals surface area contributed by atoms with Gasteiger partial charge in [-0.05, 0) is 44.4 Å². The van der Waals surface area contributed by atoms with Crippen molar-refractivity contribution in [3.63, 3.8) is 0 Å². The Kier molecular flexibility index (Phi) is 4.55. The van der Waals surface area contributed by atoms with Crippen LogP contribution in [-0.4, -0.2) is 24.0 Å². The van der Waals surface area contributed by atoms with Gasteiger partial charge in [-0.1, -0.05) is 23.7 Å². The van der Waals surface area contributed by atoms with Gasteiger partial charge in [-0.3, -0.25) is 4.79 Å². The van der Waals surface area contributed by atoms with Gasteiger partial charge in [0.15, 0.2) is 11.3 Å². The van der Waals surface area contributed by atoms with Gasteiger partial charge in [-0.15, -0.1) is 0 Å². The van der Waals surface area contributed by atoms with Crippen molar-refractivity contribution in [1.29, 1.82) is 0 Å². The lowest BCUT2D eigenvalue weighted by Gasteiger charge is -2.27. The lowest BCUT2D eigenvalue weighted by atomic mass is 10.1. The van der Waals surface area contributed by atoms with Crippen LogP contribution in [-0.2, 0) is 0 Å². The van der Waals surface area contributed by atoms with Crippen LogP contribution >= 0.6 is 11.6 Å². The number of pyridine rings is 1. The molecule has 4 rings (SSSR count). The Morgan fingerprint density at radius 3 is 2.69 bits per heavy atom. The summed E-state index contributed by atoms with van der Waals surface area (Å²) in [5.74, 6) is 0.921. The molecule has 1 aliphatic heterocycles. The number of halogens is 1. The van der Waals surface area contributed by atoms with Gasteiger partial charge in [0.25, 0.3) is 5.91 Å². The van der Waals surface area contributed by atoms with E-state index in [9.17, 15) is 4.79 Å². The van der Waals surface area contributed by atoms with Gasteiger partial charge in [0.1, 0.15) is 5.82 Å². The van der Waals surface area contributed by atoms with Crippen LogP contribution in [0.4, 0.5) is 11.5 Å². The summed E-state index contributed by atoms with van der Waals surface area (Å²) < 4.78 is 5.71. The number of carbonyl (C=O) groups is 1. The summed E-state index contributed by atoms with van der Waals surface area (Å²) in [6.07, 6.45) is 5.38. The summed E-state index contributed by atoms with van der Waals surface area (Å²) in [5, 5.41) is 4.20. The van der Waals surface area contributed by atoms with Gasteiger partial charge in [0, 0.05) is 24.0 Å². The number of rotatable bonds is 3. The van der Waals surface area contributed by atoms with Crippen LogP contribution in [0.1, 0.15) is 35.4 Å². The average molecular weight is 370 g/mol. The topological polar surface area (TPSA) is 58.4 Å². The van der Waals surface area contributed by atoms with Gasteiger partial charge in [0.2, 0.25) is 0 Å². The van der Waals surface area contributed by atoms with E-state index in [1.807, 2.05) is 31.2 Å². The molecule has 0 atom stereocenters. The minimum absolute atomic E-state index is 0.271. The van der Waals surface area contributed by atoms with E-state index in [4.69, 9.17) is 16.0 Å². The number of hydrogen-bond donors (Lipinski definition) is 1. The fourth-order valence-electron chi connectivity index (χ4n) is 3.38. The third kappa shape index (κ3) is 3.15. The first-order valence-electron chi connectivity index (χ1n) is 8.83. The third-order valence-corrected chi connectivity index (χ3v) is 5.11. The van der Waals surface area contributed by atoms with Crippen LogP contribution in [0.3, 0.4) is 0 Å². The quantitative estimate of drug-likeness (QED) is 0.703.